The van der Waals surface area contributed by atoms with Crippen LogP contribution in [0.15, 0.2) is 83.8 Å². The van der Waals surface area contributed by atoms with Crippen LogP contribution in [0.1, 0.15) is 24.5 Å². The molecule has 1 unspecified atom stereocenters. The van der Waals surface area contributed by atoms with Crippen molar-refractivity contribution >= 4 is 27.5 Å². The zero-order chi connectivity index (χ0) is 26.3. The molecule has 3 aromatic carbocycles. The van der Waals surface area contributed by atoms with Crippen LogP contribution in [0.3, 0.4) is 0 Å². The summed E-state index contributed by atoms with van der Waals surface area (Å²) in [5, 5.41) is 2.57. The number of nitrogens with one attached hydrogen (secondary N) is 1. The number of anilines is 1. The third kappa shape index (κ3) is 6.28. The second-order valence-corrected chi connectivity index (χ2v) is 10.2. The minimum Gasteiger partial charge on any atom is -0.357 e. The predicted molar refractivity (Wildman–Crippen MR) is 137 cm³/mol. The Morgan fingerprint density at radius 2 is 1.64 bits per heavy atom. The van der Waals surface area contributed by atoms with Crippen LogP contribution in [-0.2, 0) is 26.2 Å². The molecule has 3 rings (SSSR count). The number of aryl methyl sites for hydroxylation is 1. The van der Waals surface area contributed by atoms with E-state index in [1.165, 1.54) is 48.3 Å². The summed E-state index contributed by atoms with van der Waals surface area (Å²) in [6.07, 6.45) is 0.308. The highest BCUT2D eigenvalue weighted by Gasteiger charge is 2.33. The number of rotatable bonds is 10. The zero-order valence-corrected chi connectivity index (χ0v) is 21.3. The normalized spacial score (nSPS) is 12.0. The van der Waals surface area contributed by atoms with Gasteiger partial charge in [-0.2, -0.15) is 0 Å². The van der Waals surface area contributed by atoms with E-state index in [0.29, 0.717) is 17.7 Å². The van der Waals surface area contributed by atoms with Gasteiger partial charge in [-0.15, -0.1) is 0 Å². The molecule has 0 bridgehead atoms. The average Bonchev–Trinajstić information content (AvgIpc) is 2.88. The topological polar surface area (TPSA) is 86.8 Å². The number of halogens is 1. The number of carbonyl (C=O) groups is 2. The summed E-state index contributed by atoms with van der Waals surface area (Å²) >= 11 is 0. The Morgan fingerprint density at radius 1 is 0.972 bits per heavy atom. The van der Waals surface area contributed by atoms with Crippen molar-refractivity contribution in [1.29, 1.82) is 0 Å². The Kier molecular flexibility index (Phi) is 8.82. The fourth-order valence-electron chi connectivity index (χ4n) is 3.90. The van der Waals surface area contributed by atoms with E-state index in [1.54, 1.807) is 43.3 Å². The summed E-state index contributed by atoms with van der Waals surface area (Å²) in [5.74, 6) is -1.36. The third-order valence-corrected chi connectivity index (χ3v) is 7.59. The van der Waals surface area contributed by atoms with Crippen LogP contribution in [-0.4, -0.2) is 44.8 Å². The van der Waals surface area contributed by atoms with Gasteiger partial charge in [-0.3, -0.25) is 13.9 Å². The molecule has 9 heteroatoms. The lowest BCUT2D eigenvalue weighted by Gasteiger charge is -2.33. The van der Waals surface area contributed by atoms with E-state index in [9.17, 15) is 22.4 Å². The highest BCUT2D eigenvalue weighted by molar-refractivity contribution is 7.92. The van der Waals surface area contributed by atoms with Crippen molar-refractivity contribution in [3.05, 3.63) is 95.8 Å². The number of hydrogen-bond acceptors (Lipinski definition) is 4. The van der Waals surface area contributed by atoms with Gasteiger partial charge >= 0.3 is 0 Å². The summed E-state index contributed by atoms with van der Waals surface area (Å²) in [5.41, 5.74) is 1.77. The molecule has 7 nitrogen and oxygen atoms in total. The first-order chi connectivity index (χ1) is 17.2. The molecule has 36 heavy (non-hydrogen) atoms. The van der Waals surface area contributed by atoms with Crippen molar-refractivity contribution in [2.24, 2.45) is 0 Å². The third-order valence-electron chi connectivity index (χ3n) is 5.80. The summed E-state index contributed by atoms with van der Waals surface area (Å²) in [7, 11) is -2.62. The fourth-order valence-corrected chi connectivity index (χ4v) is 5.33. The van der Waals surface area contributed by atoms with E-state index in [0.717, 1.165) is 9.87 Å². The van der Waals surface area contributed by atoms with Crippen LogP contribution in [0.5, 0.6) is 0 Å². The molecule has 0 saturated heterocycles. The van der Waals surface area contributed by atoms with E-state index in [-0.39, 0.29) is 17.3 Å². The number of hydrogen-bond donors (Lipinski definition) is 1. The fraction of sp³-hybridized carbons (Fsp3) is 0.259. The van der Waals surface area contributed by atoms with Crippen molar-refractivity contribution in [3.8, 4) is 0 Å². The van der Waals surface area contributed by atoms with Gasteiger partial charge < -0.3 is 10.2 Å². The predicted octanol–water partition coefficient (Wildman–Crippen LogP) is 3.88. The van der Waals surface area contributed by atoms with Gasteiger partial charge in [0.1, 0.15) is 18.4 Å². The van der Waals surface area contributed by atoms with Crippen LogP contribution in [0.2, 0.25) is 0 Å². The first-order valence-corrected chi connectivity index (χ1v) is 13.0. The first-order valence-electron chi connectivity index (χ1n) is 11.6. The Labute approximate surface area is 211 Å². The standard InChI is InChI=1S/C27H30FN3O4S/c1-4-25(27(33)29-3)30(18-21-13-15-22(28)16-14-21)26(32)19-31(23-10-8-9-20(2)17-23)36(34,35)24-11-6-5-7-12-24/h5-17,25H,4,18-19H2,1-3H3,(H,29,33). The van der Waals surface area contributed by atoms with Gasteiger partial charge in [-0.1, -0.05) is 49.4 Å². The zero-order valence-electron chi connectivity index (χ0n) is 20.5. The van der Waals surface area contributed by atoms with Gasteiger partial charge in [0, 0.05) is 13.6 Å². The highest BCUT2D eigenvalue weighted by atomic mass is 32.2. The largest absolute Gasteiger partial charge is 0.357 e. The maximum absolute atomic E-state index is 13.7. The first kappa shape index (κ1) is 26.9. The molecular weight excluding hydrogens is 481 g/mol. The number of nitrogens with zero attached hydrogens (tertiary/aromatic N) is 2. The molecule has 0 aliphatic rings. The van der Waals surface area contributed by atoms with Gasteiger partial charge in [0.2, 0.25) is 11.8 Å². The van der Waals surface area contributed by atoms with Gasteiger partial charge in [0.15, 0.2) is 0 Å². The average molecular weight is 512 g/mol. The molecule has 2 amide bonds. The van der Waals surface area contributed by atoms with E-state index in [2.05, 4.69) is 5.32 Å². The molecule has 0 saturated carbocycles. The van der Waals surface area contributed by atoms with Crippen molar-refractivity contribution in [1.82, 2.24) is 10.2 Å². The van der Waals surface area contributed by atoms with E-state index in [1.807, 2.05) is 13.0 Å². The molecule has 0 fully saturated rings. The lowest BCUT2D eigenvalue weighted by Crippen LogP contribution is -2.51. The van der Waals surface area contributed by atoms with Crippen LogP contribution in [0.4, 0.5) is 10.1 Å². The number of amides is 2. The molecule has 1 atom stereocenters. The van der Waals surface area contributed by atoms with Crippen molar-refractivity contribution < 1.29 is 22.4 Å². The minimum absolute atomic E-state index is 0.0120. The van der Waals surface area contributed by atoms with Crippen LogP contribution < -0.4 is 9.62 Å². The number of sulfonamides is 1. The van der Waals surface area contributed by atoms with E-state index < -0.39 is 34.3 Å². The summed E-state index contributed by atoms with van der Waals surface area (Å²) < 4.78 is 41.8. The van der Waals surface area contributed by atoms with Gasteiger partial charge in [-0.25, -0.2) is 12.8 Å². The van der Waals surface area contributed by atoms with Crippen LogP contribution in [0, 0.1) is 12.7 Å². The molecule has 0 heterocycles. The second kappa shape index (κ2) is 11.8. The smallest absolute Gasteiger partial charge is 0.264 e. The number of benzene rings is 3. The molecule has 0 aromatic heterocycles. The molecular formula is C27H30FN3O4S. The number of carbonyl (C=O) groups excluding carboxylic acids is 2. The lowest BCUT2D eigenvalue weighted by molar-refractivity contribution is -0.140. The van der Waals surface area contributed by atoms with Crippen LogP contribution >= 0.6 is 0 Å². The van der Waals surface area contributed by atoms with Crippen molar-refractivity contribution in [2.75, 3.05) is 17.9 Å². The quantitative estimate of drug-likeness (QED) is 0.448. The molecule has 3 aromatic rings. The van der Waals surface area contributed by atoms with Gasteiger partial charge in [-0.05, 0) is 60.9 Å². The summed E-state index contributed by atoms with van der Waals surface area (Å²) in [4.78, 5) is 27.8. The molecule has 190 valence electrons. The Morgan fingerprint density at radius 3 is 2.22 bits per heavy atom. The molecule has 0 aliphatic carbocycles. The molecule has 1 N–H and O–H groups in total. The summed E-state index contributed by atoms with van der Waals surface area (Å²) in [6, 6.07) is 19.5. The Bertz CT molecular complexity index is 1300. The number of likely N-dealkylation sites (N-methyl/N-ethyl adjacent to an activating group) is 1. The second-order valence-electron chi connectivity index (χ2n) is 8.35. The maximum Gasteiger partial charge on any atom is 0.264 e. The summed E-state index contributed by atoms with van der Waals surface area (Å²) in [6.45, 7) is 3.09. The lowest BCUT2D eigenvalue weighted by atomic mass is 10.1. The maximum atomic E-state index is 13.7. The van der Waals surface area contributed by atoms with E-state index >= 15 is 0 Å². The van der Waals surface area contributed by atoms with Crippen molar-refractivity contribution in [2.45, 2.75) is 37.8 Å². The van der Waals surface area contributed by atoms with Gasteiger partial charge in [0.25, 0.3) is 10.0 Å². The van der Waals surface area contributed by atoms with Gasteiger partial charge in [0.05, 0.1) is 10.6 Å². The Balaban J connectivity index is 2.04. The molecule has 0 spiro atoms. The minimum atomic E-state index is -4.10. The molecule has 0 radical (unpaired) electrons. The van der Waals surface area contributed by atoms with Crippen LogP contribution in [0.25, 0.3) is 0 Å². The Hall–Kier alpha value is -3.72. The highest BCUT2D eigenvalue weighted by Crippen LogP contribution is 2.25. The SMILES string of the molecule is CCC(C(=O)NC)N(Cc1ccc(F)cc1)C(=O)CN(c1cccc(C)c1)S(=O)(=O)c1ccccc1. The van der Waals surface area contributed by atoms with Crippen molar-refractivity contribution in [3.63, 3.8) is 0 Å². The monoisotopic (exact) mass is 511 g/mol. The molecule has 0 aliphatic heterocycles. The van der Waals surface area contributed by atoms with E-state index in [4.69, 9.17) is 0 Å².